The van der Waals surface area contributed by atoms with Crippen molar-refractivity contribution in [1.29, 1.82) is 0 Å². The third-order valence-electron chi connectivity index (χ3n) is 7.20. The fourth-order valence-corrected chi connectivity index (χ4v) is 7.23. The van der Waals surface area contributed by atoms with Crippen molar-refractivity contribution in [2.75, 3.05) is 21.5 Å². The second kappa shape index (κ2) is 9.36. The summed E-state index contributed by atoms with van der Waals surface area (Å²) in [6, 6.07) is 19.0. The summed E-state index contributed by atoms with van der Waals surface area (Å²) in [5.74, 6) is 3.46. The Bertz CT molecular complexity index is 1450. The Kier molecular flexibility index (Phi) is 6.18. The number of halogens is 1. The molecule has 3 atom stereocenters. The molecule has 3 aromatic rings. The molecule has 6 rings (SSSR count). The number of allylic oxidation sites excluding steroid dienone is 2. The van der Waals surface area contributed by atoms with Crippen LogP contribution in [0.15, 0.2) is 77.7 Å². The molecule has 36 heavy (non-hydrogen) atoms. The van der Waals surface area contributed by atoms with Crippen LogP contribution < -0.4 is 14.8 Å². The molecule has 0 spiro atoms. The Hall–Kier alpha value is -2.61. The largest absolute Gasteiger partial charge is 0.489 e. The lowest BCUT2D eigenvalue weighted by Gasteiger charge is -2.38. The van der Waals surface area contributed by atoms with Gasteiger partial charge in [0.05, 0.1) is 16.6 Å². The van der Waals surface area contributed by atoms with Crippen LogP contribution in [-0.2, 0) is 10.0 Å². The lowest BCUT2D eigenvalue weighted by atomic mass is 9.77. The van der Waals surface area contributed by atoms with Gasteiger partial charge in [-0.05, 0) is 84.5 Å². The molecule has 2 heterocycles. The second-order valence-corrected chi connectivity index (χ2v) is 12.8. The third kappa shape index (κ3) is 4.49. The van der Waals surface area contributed by atoms with E-state index in [1.165, 1.54) is 5.56 Å². The summed E-state index contributed by atoms with van der Waals surface area (Å²) < 4.78 is 35.4. The van der Waals surface area contributed by atoms with Crippen LogP contribution in [0.25, 0.3) is 0 Å². The van der Waals surface area contributed by atoms with Crippen molar-refractivity contribution in [2.45, 2.75) is 36.3 Å². The maximum Gasteiger partial charge on any atom is 0.261 e. The van der Waals surface area contributed by atoms with Crippen LogP contribution in [0.3, 0.4) is 0 Å². The van der Waals surface area contributed by atoms with Gasteiger partial charge < -0.3 is 10.1 Å². The number of ether oxygens (including phenoxy) is 1. The quantitative estimate of drug-likeness (QED) is 0.339. The molecule has 2 aliphatic heterocycles. The Morgan fingerprint density at radius 1 is 1.08 bits per heavy atom. The molecule has 1 aliphatic carbocycles. The van der Waals surface area contributed by atoms with Gasteiger partial charge in [-0.25, -0.2) is 8.42 Å². The molecule has 0 bridgehead atoms. The van der Waals surface area contributed by atoms with E-state index >= 15 is 0 Å². The summed E-state index contributed by atoms with van der Waals surface area (Å²) in [7, 11) is -3.75. The van der Waals surface area contributed by atoms with E-state index in [0.717, 1.165) is 40.5 Å². The molecule has 0 aromatic heterocycles. The first-order chi connectivity index (χ1) is 17.4. The smallest absolute Gasteiger partial charge is 0.261 e. The normalized spacial score (nSPS) is 22.8. The highest BCUT2D eigenvalue weighted by molar-refractivity contribution is 8.00. The van der Waals surface area contributed by atoms with E-state index in [2.05, 4.69) is 40.4 Å². The van der Waals surface area contributed by atoms with Gasteiger partial charge in [-0.3, -0.25) is 4.72 Å². The van der Waals surface area contributed by atoms with E-state index in [1.807, 2.05) is 36.9 Å². The van der Waals surface area contributed by atoms with Gasteiger partial charge >= 0.3 is 0 Å². The van der Waals surface area contributed by atoms with Crippen LogP contribution in [0.1, 0.15) is 35.1 Å². The van der Waals surface area contributed by atoms with Crippen LogP contribution in [-0.4, -0.2) is 26.0 Å². The zero-order valence-electron chi connectivity index (χ0n) is 19.8. The predicted octanol–water partition coefficient (Wildman–Crippen LogP) is 6.77. The topological polar surface area (TPSA) is 67.4 Å². The molecule has 186 valence electrons. The highest BCUT2D eigenvalue weighted by Crippen LogP contribution is 2.50. The summed E-state index contributed by atoms with van der Waals surface area (Å²) in [4.78, 5) is 0.253. The van der Waals surface area contributed by atoms with Gasteiger partial charge in [0.25, 0.3) is 10.0 Å². The van der Waals surface area contributed by atoms with Gasteiger partial charge in [-0.2, -0.15) is 11.8 Å². The van der Waals surface area contributed by atoms with Crippen molar-refractivity contribution in [2.24, 2.45) is 5.92 Å². The number of hydrogen-bond donors (Lipinski definition) is 2. The molecule has 2 N–H and O–H groups in total. The molecule has 0 radical (unpaired) electrons. The van der Waals surface area contributed by atoms with Gasteiger partial charge in [-0.15, -0.1) is 0 Å². The van der Waals surface area contributed by atoms with Gasteiger partial charge in [0, 0.05) is 28.1 Å². The molecule has 3 aliphatic rings. The minimum Gasteiger partial charge on any atom is -0.489 e. The SMILES string of the molecule is Cc1cc(Cl)ccc1NS(=O)(=O)c1ccc2c(c1)[C@H]1C=CC[C@H]1[C@@H](c1cccc(OC3CSC3)c1)N2. The molecule has 0 amide bonds. The highest BCUT2D eigenvalue weighted by atomic mass is 35.5. The van der Waals surface area contributed by atoms with E-state index in [-0.39, 0.29) is 16.9 Å². The fourth-order valence-electron chi connectivity index (χ4n) is 5.27. The monoisotopic (exact) mass is 538 g/mol. The summed E-state index contributed by atoms with van der Waals surface area (Å²) in [5.41, 5.74) is 4.47. The predicted molar refractivity (Wildman–Crippen MR) is 148 cm³/mol. The first-order valence-electron chi connectivity index (χ1n) is 12.1. The average Bonchev–Trinajstić information content (AvgIpc) is 3.33. The van der Waals surface area contributed by atoms with Crippen LogP contribution >= 0.6 is 23.4 Å². The molecule has 8 heteroatoms. The Labute approximate surface area is 221 Å². The molecule has 3 aromatic carbocycles. The highest BCUT2D eigenvalue weighted by Gasteiger charge is 2.38. The van der Waals surface area contributed by atoms with Crippen molar-refractivity contribution in [3.63, 3.8) is 0 Å². The number of anilines is 2. The summed E-state index contributed by atoms with van der Waals surface area (Å²) in [6.07, 6.45) is 5.67. The molecule has 5 nitrogen and oxygen atoms in total. The first-order valence-corrected chi connectivity index (χ1v) is 15.1. The number of thioether (sulfide) groups is 1. The zero-order chi connectivity index (χ0) is 24.9. The Morgan fingerprint density at radius 2 is 1.94 bits per heavy atom. The van der Waals surface area contributed by atoms with Gasteiger partial charge in [0.15, 0.2) is 0 Å². The van der Waals surface area contributed by atoms with Crippen LogP contribution in [0.4, 0.5) is 11.4 Å². The van der Waals surface area contributed by atoms with Gasteiger partial charge in [0.2, 0.25) is 0 Å². The molecule has 1 fully saturated rings. The summed E-state index contributed by atoms with van der Waals surface area (Å²) in [6.45, 7) is 1.83. The van der Waals surface area contributed by atoms with E-state index in [1.54, 1.807) is 24.3 Å². The second-order valence-electron chi connectivity index (χ2n) is 9.64. The van der Waals surface area contributed by atoms with E-state index in [0.29, 0.717) is 22.7 Å². The minimum absolute atomic E-state index is 0.120. The molecular weight excluding hydrogens is 512 g/mol. The molecule has 0 unspecified atom stereocenters. The van der Waals surface area contributed by atoms with E-state index in [4.69, 9.17) is 16.3 Å². The number of aryl methyl sites for hydroxylation is 1. The average molecular weight is 539 g/mol. The maximum absolute atomic E-state index is 13.3. The number of hydrogen-bond acceptors (Lipinski definition) is 5. The van der Waals surface area contributed by atoms with Crippen LogP contribution in [0, 0.1) is 12.8 Å². The van der Waals surface area contributed by atoms with Crippen molar-refractivity contribution in [1.82, 2.24) is 0 Å². The van der Waals surface area contributed by atoms with E-state index < -0.39 is 10.0 Å². The standard InChI is InChI=1S/C28H27ClN2O3S2/c1-17-12-19(29)8-10-26(17)31-36(32,33)22-9-11-27-25(14-22)23-6-3-7-24(23)28(30-27)18-4-2-5-20(13-18)34-21-15-35-16-21/h2-6,8-14,21,23-24,28,30-31H,7,15-16H2,1H3/t23-,24+,28+/m0/s1. The summed E-state index contributed by atoms with van der Waals surface area (Å²) >= 11 is 7.94. The lowest BCUT2D eigenvalue weighted by molar-refractivity contribution is 0.240. The van der Waals surface area contributed by atoms with Crippen LogP contribution in [0.5, 0.6) is 5.75 Å². The number of fused-ring (bicyclic) bond motifs is 3. The number of nitrogens with one attached hydrogen (secondary N) is 2. The van der Waals surface area contributed by atoms with Crippen molar-refractivity contribution in [3.8, 4) is 5.75 Å². The third-order valence-corrected chi connectivity index (χ3v) is 10.0. The van der Waals surface area contributed by atoms with E-state index in [9.17, 15) is 8.42 Å². The van der Waals surface area contributed by atoms with Gasteiger partial charge in [0.1, 0.15) is 11.9 Å². The summed E-state index contributed by atoms with van der Waals surface area (Å²) in [5, 5.41) is 4.28. The zero-order valence-corrected chi connectivity index (χ0v) is 22.2. The Balaban J connectivity index is 1.29. The van der Waals surface area contributed by atoms with Crippen molar-refractivity contribution < 1.29 is 13.2 Å². The molecule has 1 saturated heterocycles. The molecular formula is C28H27ClN2O3S2. The number of rotatable bonds is 6. The lowest BCUT2D eigenvalue weighted by Crippen LogP contribution is -2.31. The first kappa shape index (κ1) is 23.8. The Morgan fingerprint density at radius 3 is 2.72 bits per heavy atom. The maximum atomic E-state index is 13.3. The number of benzene rings is 3. The van der Waals surface area contributed by atoms with Crippen molar-refractivity contribution in [3.05, 3.63) is 94.5 Å². The fraction of sp³-hybridized carbons (Fsp3) is 0.286. The number of sulfonamides is 1. The van der Waals surface area contributed by atoms with Crippen molar-refractivity contribution >= 4 is 44.8 Å². The van der Waals surface area contributed by atoms with Crippen LogP contribution in [0.2, 0.25) is 5.02 Å². The minimum atomic E-state index is -3.75. The molecule has 0 saturated carbocycles. The van der Waals surface area contributed by atoms with Gasteiger partial charge in [-0.1, -0.05) is 35.9 Å².